The summed E-state index contributed by atoms with van der Waals surface area (Å²) in [6.45, 7) is 7.78. The minimum Gasteiger partial charge on any atom is -0.481 e. The molecule has 0 radical (unpaired) electrons. The van der Waals surface area contributed by atoms with Crippen LogP contribution < -0.4 is 5.32 Å². The number of carboxylic acid groups (broad SMARTS) is 1. The number of nitrogens with one attached hydrogen (secondary N) is 1. The molecular formula is C27H35NO3. The minimum atomic E-state index is -0.922. The predicted octanol–water partition coefficient (Wildman–Crippen LogP) is 5.52. The summed E-state index contributed by atoms with van der Waals surface area (Å²) in [5, 5.41) is 11.9. The number of unbranched alkanes of at least 4 members (excludes halogenated alkanes) is 6. The smallest absolute Gasteiger partial charge is 0.304 e. The predicted molar refractivity (Wildman–Crippen MR) is 127 cm³/mol. The molecule has 0 aromatic heterocycles. The van der Waals surface area contributed by atoms with Crippen molar-refractivity contribution in [1.82, 2.24) is 5.32 Å². The highest BCUT2D eigenvalue weighted by Gasteiger charge is 2.12. The maximum atomic E-state index is 12.6. The van der Waals surface area contributed by atoms with Crippen LogP contribution in [0.3, 0.4) is 0 Å². The Kier molecular flexibility index (Phi) is 13.3. The fourth-order valence-electron chi connectivity index (χ4n) is 3.15. The zero-order valence-electron chi connectivity index (χ0n) is 18.9. The Bertz CT molecular complexity index is 835. The van der Waals surface area contributed by atoms with E-state index in [1.807, 2.05) is 25.1 Å². The number of rotatable bonds is 13. The third kappa shape index (κ3) is 12.3. The van der Waals surface area contributed by atoms with Gasteiger partial charge in [-0.15, -0.1) is 6.58 Å². The Morgan fingerprint density at radius 2 is 1.77 bits per heavy atom. The van der Waals surface area contributed by atoms with Crippen molar-refractivity contribution in [3.8, 4) is 23.7 Å². The van der Waals surface area contributed by atoms with Crippen molar-refractivity contribution in [3.05, 3.63) is 48.0 Å². The number of aryl methyl sites for hydroxylation is 1. The fourth-order valence-corrected chi connectivity index (χ4v) is 3.15. The average Bonchev–Trinajstić information content (AvgIpc) is 2.74. The van der Waals surface area contributed by atoms with Crippen molar-refractivity contribution in [2.24, 2.45) is 5.92 Å². The fraction of sp³-hybridized carbons (Fsp3) is 0.481. The van der Waals surface area contributed by atoms with Crippen molar-refractivity contribution in [3.63, 3.8) is 0 Å². The molecule has 4 heteroatoms. The van der Waals surface area contributed by atoms with Crippen molar-refractivity contribution in [2.45, 2.75) is 77.7 Å². The molecule has 0 aliphatic carbocycles. The highest BCUT2D eigenvalue weighted by molar-refractivity contribution is 5.94. The van der Waals surface area contributed by atoms with Crippen LogP contribution in [0.4, 0.5) is 0 Å². The third-order valence-electron chi connectivity index (χ3n) is 4.93. The first-order chi connectivity index (χ1) is 15.0. The van der Waals surface area contributed by atoms with Gasteiger partial charge in [-0.25, -0.2) is 0 Å². The molecule has 1 aromatic rings. The van der Waals surface area contributed by atoms with Crippen LogP contribution in [0.15, 0.2) is 36.9 Å². The Balaban J connectivity index is 2.73. The number of allylic oxidation sites excluding steroid dienone is 1. The lowest BCUT2D eigenvalue weighted by Gasteiger charge is -2.13. The highest BCUT2D eigenvalue weighted by atomic mass is 16.4. The molecule has 0 fully saturated rings. The molecule has 1 rings (SSSR count). The topological polar surface area (TPSA) is 66.4 Å². The second-order valence-corrected chi connectivity index (χ2v) is 7.78. The largest absolute Gasteiger partial charge is 0.481 e. The van der Waals surface area contributed by atoms with Gasteiger partial charge in [-0.05, 0) is 37.3 Å². The van der Waals surface area contributed by atoms with Gasteiger partial charge in [0.25, 0.3) is 5.91 Å². The maximum Gasteiger partial charge on any atom is 0.304 e. The van der Waals surface area contributed by atoms with Crippen LogP contribution in [-0.2, 0) is 4.79 Å². The molecule has 2 N–H and O–H groups in total. The molecule has 0 saturated heterocycles. The third-order valence-corrected chi connectivity index (χ3v) is 4.93. The Morgan fingerprint density at radius 1 is 1.10 bits per heavy atom. The molecule has 0 aliphatic rings. The van der Waals surface area contributed by atoms with Gasteiger partial charge in [0, 0.05) is 11.5 Å². The molecule has 0 bridgehead atoms. The number of hydrogen-bond acceptors (Lipinski definition) is 2. The molecule has 166 valence electrons. The van der Waals surface area contributed by atoms with E-state index in [4.69, 9.17) is 5.11 Å². The van der Waals surface area contributed by atoms with E-state index in [9.17, 15) is 9.59 Å². The van der Waals surface area contributed by atoms with E-state index < -0.39 is 11.9 Å². The lowest BCUT2D eigenvalue weighted by Crippen LogP contribution is -2.33. The summed E-state index contributed by atoms with van der Waals surface area (Å²) in [6, 6.07) is 7.18. The number of carboxylic acids is 1. The van der Waals surface area contributed by atoms with Crippen LogP contribution in [0.1, 0.15) is 80.6 Å². The second-order valence-electron chi connectivity index (χ2n) is 7.78. The van der Waals surface area contributed by atoms with Crippen LogP contribution in [0.2, 0.25) is 0 Å². The zero-order chi connectivity index (χ0) is 22.9. The Morgan fingerprint density at radius 3 is 2.42 bits per heavy atom. The number of aliphatic carboxylic acids is 1. The van der Waals surface area contributed by atoms with E-state index >= 15 is 0 Å². The summed E-state index contributed by atoms with van der Waals surface area (Å²) in [6.07, 6.45) is 10.5. The average molecular weight is 422 g/mol. The van der Waals surface area contributed by atoms with E-state index in [0.29, 0.717) is 5.56 Å². The summed E-state index contributed by atoms with van der Waals surface area (Å²) >= 11 is 0. The first kappa shape index (κ1) is 26.1. The quantitative estimate of drug-likeness (QED) is 0.250. The molecule has 0 saturated carbocycles. The normalized spacial score (nSPS) is 11.8. The van der Waals surface area contributed by atoms with Crippen molar-refractivity contribution >= 4 is 11.9 Å². The number of hydrogen-bond donors (Lipinski definition) is 2. The van der Waals surface area contributed by atoms with Crippen molar-refractivity contribution in [2.75, 3.05) is 0 Å². The lowest BCUT2D eigenvalue weighted by molar-refractivity contribution is -0.137. The zero-order valence-corrected chi connectivity index (χ0v) is 18.9. The monoisotopic (exact) mass is 421 g/mol. The van der Waals surface area contributed by atoms with Gasteiger partial charge >= 0.3 is 5.97 Å². The molecule has 1 aromatic carbocycles. The van der Waals surface area contributed by atoms with Gasteiger partial charge < -0.3 is 10.4 Å². The minimum absolute atomic E-state index is 0.0935. The van der Waals surface area contributed by atoms with Gasteiger partial charge in [-0.2, -0.15) is 0 Å². The molecule has 0 aliphatic heterocycles. The van der Waals surface area contributed by atoms with E-state index in [-0.39, 0.29) is 18.4 Å². The first-order valence-corrected chi connectivity index (χ1v) is 11.2. The molecule has 1 amide bonds. The van der Waals surface area contributed by atoms with Gasteiger partial charge in [-0.1, -0.05) is 87.5 Å². The summed E-state index contributed by atoms with van der Waals surface area (Å²) in [7, 11) is 0. The van der Waals surface area contributed by atoms with Crippen LogP contribution in [-0.4, -0.2) is 23.0 Å². The summed E-state index contributed by atoms with van der Waals surface area (Å²) < 4.78 is 0. The molecule has 0 heterocycles. The standard InChI is InChI=1S/C27H35NO3/c1-4-6-7-8-9-10-11-18-25(19-13-12-16-23(5-2)21-26(29)30)28-27(31)24-17-14-15-22(3)20-24/h5,14-15,17,20,23,25H,2,4,6-11,18,21H2,1,3H3,(H,28,31)(H,29,30)/t23-,25+/m0/s1. The summed E-state index contributed by atoms with van der Waals surface area (Å²) in [5.41, 5.74) is 1.65. The van der Waals surface area contributed by atoms with Gasteiger partial charge in [0.1, 0.15) is 0 Å². The van der Waals surface area contributed by atoms with Crippen LogP contribution in [0.5, 0.6) is 0 Å². The van der Waals surface area contributed by atoms with Gasteiger partial charge in [0.05, 0.1) is 12.5 Å². The maximum absolute atomic E-state index is 12.6. The van der Waals surface area contributed by atoms with E-state index in [2.05, 4.69) is 42.5 Å². The molecule has 0 unspecified atom stereocenters. The van der Waals surface area contributed by atoms with Crippen LogP contribution in [0.25, 0.3) is 0 Å². The Hall–Kier alpha value is -2.98. The number of benzene rings is 1. The molecular weight excluding hydrogens is 386 g/mol. The van der Waals surface area contributed by atoms with E-state index in [1.165, 1.54) is 38.2 Å². The highest BCUT2D eigenvalue weighted by Crippen LogP contribution is 2.11. The summed E-state index contributed by atoms with van der Waals surface area (Å²) in [4.78, 5) is 23.4. The second kappa shape index (κ2) is 15.8. The summed E-state index contributed by atoms with van der Waals surface area (Å²) in [5.74, 6) is 9.87. The van der Waals surface area contributed by atoms with Gasteiger partial charge in [0.15, 0.2) is 0 Å². The number of carbonyl (C=O) groups is 2. The first-order valence-electron chi connectivity index (χ1n) is 11.2. The van der Waals surface area contributed by atoms with Gasteiger partial charge in [0.2, 0.25) is 0 Å². The van der Waals surface area contributed by atoms with Crippen molar-refractivity contribution < 1.29 is 14.7 Å². The van der Waals surface area contributed by atoms with E-state index in [1.54, 1.807) is 6.07 Å². The molecule has 2 atom stereocenters. The molecule has 31 heavy (non-hydrogen) atoms. The Labute approximate surface area is 187 Å². The van der Waals surface area contributed by atoms with E-state index in [0.717, 1.165) is 24.8 Å². The van der Waals surface area contributed by atoms with Crippen LogP contribution >= 0.6 is 0 Å². The van der Waals surface area contributed by atoms with Gasteiger partial charge in [-0.3, -0.25) is 9.59 Å². The number of carbonyl (C=O) groups excluding carboxylic acids is 1. The molecule has 0 spiro atoms. The molecule has 4 nitrogen and oxygen atoms in total. The SMILES string of the molecule is C=C[C@@H](C#CC#C[C@@H](CCCCCCCCC)NC(=O)c1cccc(C)c1)CC(=O)O. The van der Waals surface area contributed by atoms with Crippen LogP contribution in [0, 0.1) is 36.5 Å². The lowest BCUT2D eigenvalue weighted by atomic mass is 10.0. The van der Waals surface area contributed by atoms with Crippen molar-refractivity contribution in [1.29, 1.82) is 0 Å². The number of amides is 1.